The molecule has 0 aromatic heterocycles. The van der Waals surface area contributed by atoms with Crippen LogP contribution < -0.4 is 10.1 Å². The molecule has 0 aliphatic rings. The van der Waals surface area contributed by atoms with E-state index in [1.807, 2.05) is 0 Å². The maximum Gasteiger partial charge on any atom is 0.339 e. The Hall–Kier alpha value is -2.70. The van der Waals surface area contributed by atoms with Gasteiger partial charge in [-0.3, -0.25) is 0 Å². The Labute approximate surface area is 120 Å². The van der Waals surface area contributed by atoms with Crippen molar-refractivity contribution >= 4 is 23.3 Å². The van der Waals surface area contributed by atoms with Crippen molar-refractivity contribution in [2.75, 3.05) is 11.9 Å². The van der Waals surface area contributed by atoms with E-state index in [1.54, 1.807) is 19.1 Å². The molecular formula is C13H10ClN3O3. The maximum absolute atomic E-state index is 11.1. The molecule has 102 valence electrons. The molecule has 0 saturated heterocycles. The first-order valence-corrected chi connectivity index (χ1v) is 5.87. The van der Waals surface area contributed by atoms with Gasteiger partial charge < -0.3 is 15.2 Å². The van der Waals surface area contributed by atoms with Gasteiger partial charge in [-0.1, -0.05) is 11.6 Å². The van der Waals surface area contributed by atoms with Gasteiger partial charge in [-0.25, -0.2) is 4.79 Å². The third-order valence-corrected chi connectivity index (χ3v) is 2.53. The summed E-state index contributed by atoms with van der Waals surface area (Å²) in [5, 5.41) is 29.1. The Morgan fingerprint density at radius 3 is 2.65 bits per heavy atom. The van der Waals surface area contributed by atoms with Crippen LogP contribution in [0.25, 0.3) is 0 Å². The number of aromatic carboxylic acids is 1. The Morgan fingerprint density at radius 2 is 2.15 bits per heavy atom. The van der Waals surface area contributed by atoms with E-state index >= 15 is 0 Å². The molecule has 0 fully saturated rings. The van der Waals surface area contributed by atoms with Crippen LogP contribution in [0.2, 0.25) is 5.02 Å². The standard InChI is InChI=1S/C13H10ClN3O3/c1-2-20-12-4-11(17-7-8(5-15)6-16)10(14)3-9(12)13(18)19/h3-4,7,17H,2H2,1H3,(H,18,19). The van der Waals surface area contributed by atoms with Crippen LogP contribution in [0.3, 0.4) is 0 Å². The summed E-state index contributed by atoms with van der Waals surface area (Å²) in [6, 6.07) is 6.00. The minimum absolute atomic E-state index is 0.0628. The summed E-state index contributed by atoms with van der Waals surface area (Å²) in [7, 11) is 0. The lowest BCUT2D eigenvalue weighted by atomic mass is 10.1. The molecule has 7 heteroatoms. The number of halogens is 1. The molecular weight excluding hydrogens is 282 g/mol. The summed E-state index contributed by atoms with van der Waals surface area (Å²) in [6.07, 6.45) is 1.18. The molecule has 1 rings (SSSR count). The van der Waals surface area contributed by atoms with Crippen molar-refractivity contribution in [2.45, 2.75) is 6.92 Å². The SMILES string of the molecule is CCOc1cc(NC=C(C#N)C#N)c(Cl)cc1C(=O)O. The Balaban J connectivity index is 3.20. The summed E-state index contributed by atoms with van der Waals surface area (Å²) in [4.78, 5) is 11.1. The minimum Gasteiger partial charge on any atom is -0.493 e. The van der Waals surface area contributed by atoms with Crippen LogP contribution in [0.4, 0.5) is 5.69 Å². The number of anilines is 1. The predicted octanol–water partition coefficient (Wildman–Crippen LogP) is 2.78. The molecule has 0 saturated carbocycles. The van der Waals surface area contributed by atoms with Gasteiger partial charge in [-0.15, -0.1) is 0 Å². The second-order valence-corrected chi connectivity index (χ2v) is 3.90. The van der Waals surface area contributed by atoms with Crippen molar-refractivity contribution in [2.24, 2.45) is 0 Å². The number of hydrogen-bond acceptors (Lipinski definition) is 5. The van der Waals surface area contributed by atoms with E-state index < -0.39 is 5.97 Å². The number of benzene rings is 1. The van der Waals surface area contributed by atoms with Gasteiger partial charge in [0.2, 0.25) is 0 Å². The molecule has 0 aliphatic heterocycles. The lowest BCUT2D eigenvalue weighted by molar-refractivity contribution is 0.0692. The highest BCUT2D eigenvalue weighted by Gasteiger charge is 2.15. The summed E-state index contributed by atoms with van der Waals surface area (Å²) in [5.74, 6) is -1.01. The van der Waals surface area contributed by atoms with Gasteiger partial charge >= 0.3 is 5.97 Å². The number of carboxylic acids is 1. The fourth-order valence-electron chi connectivity index (χ4n) is 1.35. The zero-order chi connectivity index (χ0) is 15.1. The zero-order valence-electron chi connectivity index (χ0n) is 10.5. The van der Waals surface area contributed by atoms with Crippen LogP contribution in [0.5, 0.6) is 5.75 Å². The van der Waals surface area contributed by atoms with Crippen molar-refractivity contribution in [1.29, 1.82) is 10.5 Å². The highest BCUT2D eigenvalue weighted by atomic mass is 35.5. The van der Waals surface area contributed by atoms with Crippen molar-refractivity contribution < 1.29 is 14.6 Å². The monoisotopic (exact) mass is 291 g/mol. The highest BCUT2D eigenvalue weighted by molar-refractivity contribution is 6.33. The van der Waals surface area contributed by atoms with Gasteiger partial charge in [0.15, 0.2) is 0 Å². The number of hydrogen-bond donors (Lipinski definition) is 2. The van der Waals surface area contributed by atoms with Crippen molar-refractivity contribution in [3.63, 3.8) is 0 Å². The molecule has 0 amide bonds. The number of ether oxygens (including phenoxy) is 1. The molecule has 0 spiro atoms. The molecule has 0 aliphatic carbocycles. The minimum atomic E-state index is -1.16. The third-order valence-electron chi connectivity index (χ3n) is 2.21. The van der Waals surface area contributed by atoms with Crippen LogP contribution in [-0.2, 0) is 0 Å². The van der Waals surface area contributed by atoms with Gasteiger partial charge in [0.05, 0.1) is 17.3 Å². The van der Waals surface area contributed by atoms with Gasteiger partial charge in [0.25, 0.3) is 0 Å². The summed E-state index contributed by atoms with van der Waals surface area (Å²) in [5.41, 5.74) is 0.136. The first-order chi connectivity index (χ1) is 9.53. The molecule has 0 atom stereocenters. The summed E-state index contributed by atoms with van der Waals surface area (Å²) < 4.78 is 5.22. The molecule has 1 aromatic carbocycles. The van der Waals surface area contributed by atoms with Crippen LogP contribution in [0, 0.1) is 22.7 Å². The Morgan fingerprint density at radius 1 is 1.50 bits per heavy atom. The van der Waals surface area contributed by atoms with Crippen LogP contribution in [0.15, 0.2) is 23.9 Å². The van der Waals surface area contributed by atoms with Crippen molar-refractivity contribution in [3.8, 4) is 17.9 Å². The van der Waals surface area contributed by atoms with E-state index in [9.17, 15) is 4.79 Å². The fourth-order valence-corrected chi connectivity index (χ4v) is 1.56. The molecule has 2 N–H and O–H groups in total. The number of carboxylic acid groups (broad SMARTS) is 1. The first kappa shape index (κ1) is 15.4. The van der Waals surface area contributed by atoms with Crippen LogP contribution in [-0.4, -0.2) is 17.7 Å². The quantitative estimate of drug-likeness (QED) is 0.808. The first-order valence-electron chi connectivity index (χ1n) is 5.50. The maximum atomic E-state index is 11.1. The average Bonchev–Trinajstić information content (AvgIpc) is 2.42. The highest BCUT2D eigenvalue weighted by Crippen LogP contribution is 2.31. The second-order valence-electron chi connectivity index (χ2n) is 3.49. The molecule has 6 nitrogen and oxygen atoms in total. The topological polar surface area (TPSA) is 106 Å². The molecule has 20 heavy (non-hydrogen) atoms. The predicted molar refractivity (Wildman–Crippen MR) is 72.5 cm³/mol. The van der Waals surface area contributed by atoms with Gasteiger partial charge in [0.1, 0.15) is 29.0 Å². The normalized spacial score (nSPS) is 9.00. The second kappa shape index (κ2) is 7.03. The van der Waals surface area contributed by atoms with Crippen LogP contribution in [0.1, 0.15) is 17.3 Å². The average molecular weight is 292 g/mol. The van der Waals surface area contributed by atoms with E-state index in [0.29, 0.717) is 12.3 Å². The summed E-state index contributed by atoms with van der Waals surface area (Å²) in [6.45, 7) is 2.01. The Kier molecular flexibility index (Phi) is 5.40. The number of rotatable bonds is 5. The van der Waals surface area contributed by atoms with Crippen molar-refractivity contribution in [1.82, 2.24) is 0 Å². The smallest absolute Gasteiger partial charge is 0.339 e. The van der Waals surface area contributed by atoms with E-state index in [-0.39, 0.29) is 21.9 Å². The van der Waals surface area contributed by atoms with E-state index in [2.05, 4.69) is 5.32 Å². The van der Waals surface area contributed by atoms with Gasteiger partial charge in [0, 0.05) is 12.3 Å². The molecule has 0 radical (unpaired) electrons. The number of allylic oxidation sites excluding steroid dienone is 1. The largest absolute Gasteiger partial charge is 0.493 e. The van der Waals surface area contributed by atoms with Gasteiger partial charge in [-0.2, -0.15) is 10.5 Å². The molecule has 0 bridgehead atoms. The number of nitriles is 2. The van der Waals surface area contributed by atoms with E-state index in [0.717, 1.165) is 0 Å². The third kappa shape index (κ3) is 3.64. The van der Waals surface area contributed by atoms with E-state index in [4.69, 9.17) is 32.0 Å². The number of carbonyl (C=O) groups is 1. The van der Waals surface area contributed by atoms with Crippen molar-refractivity contribution in [3.05, 3.63) is 34.5 Å². The van der Waals surface area contributed by atoms with Crippen LogP contribution >= 0.6 is 11.6 Å². The van der Waals surface area contributed by atoms with Gasteiger partial charge in [-0.05, 0) is 13.0 Å². The lowest BCUT2D eigenvalue weighted by Gasteiger charge is -2.11. The number of nitrogens with zero attached hydrogens (tertiary/aromatic N) is 2. The fraction of sp³-hybridized carbons (Fsp3) is 0.154. The van der Waals surface area contributed by atoms with E-state index in [1.165, 1.54) is 18.3 Å². The molecule has 0 unspecified atom stereocenters. The zero-order valence-corrected chi connectivity index (χ0v) is 11.2. The Bertz CT molecular complexity index is 625. The number of nitrogens with one attached hydrogen (secondary N) is 1. The lowest BCUT2D eigenvalue weighted by Crippen LogP contribution is -2.04. The molecule has 0 heterocycles. The molecule has 1 aromatic rings. The summed E-state index contributed by atoms with van der Waals surface area (Å²) >= 11 is 5.94.